The van der Waals surface area contributed by atoms with Gasteiger partial charge in [-0.3, -0.25) is 4.79 Å². The number of methoxy groups -OCH3 is 1. The lowest BCUT2D eigenvalue weighted by Crippen LogP contribution is -2.46. The molecule has 27 heavy (non-hydrogen) atoms. The van der Waals surface area contributed by atoms with Gasteiger partial charge in [-0.2, -0.15) is 0 Å². The monoisotopic (exact) mass is 386 g/mol. The molecule has 3 aromatic rings. The van der Waals surface area contributed by atoms with Crippen LogP contribution in [-0.2, 0) is 11.2 Å². The number of nitrogens with zero attached hydrogens (tertiary/aromatic N) is 1. The first-order valence-corrected chi connectivity index (χ1v) is 9.38. The highest BCUT2D eigenvalue weighted by Crippen LogP contribution is 2.41. The molecule has 140 valence electrons. The molecule has 6 heteroatoms. The molecule has 1 amide bonds. The molecule has 0 fully saturated rings. The molecule has 1 aliphatic rings. The fraction of sp³-hybridized carbons (Fsp3) is 0.286. The summed E-state index contributed by atoms with van der Waals surface area (Å²) in [5.41, 5.74) is 3.94. The predicted octanol–water partition coefficient (Wildman–Crippen LogP) is 4.42. The fourth-order valence-electron chi connectivity index (χ4n) is 4.05. The summed E-state index contributed by atoms with van der Waals surface area (Å²) in [6, 6.07) is 11.8. The second-order valence-corrected chi connectivity index (χ2v) is 7.14. The zero-order chi connectivity index (χ0) is 19.1. The number of benzene rings is 2. The van der Waals surface area contributed by atoms with Crippen molar-refractivity contribution in [1.29, 1.82) is 0 Å². The van der Waals surface area contributed by atoms with Gasteiger partial charge >= 0.3 is 0 Å². The highest BCUT2D eigenvalue weighted by Gasteiger charge is 2.38. The summed E-state index contributed by atoms with van der Waals surface area (Å²) in [6.45, 7) is 2.02. The van der Waals surface area contributed by atoms with Crippen molar-refractivity contribution >= 4 is 28.4 Å². The van der Waals surface area contributed by atoms with Gasteiger partial charge in [0.05, 0.1) is 13.2 Å². The van der Waals surface area contributed by atoms with Gasteiger partial charge in [0.25, 0.3) is 0 Å². The van der Waals surface area contributed by atoms with Gasteiger partial charge < -0.3 is 14.6 Å². The van der Waals surface area contributed by atoms with E-state index in [1.54, 1.807) is 24.1 Å². The molecule has 0 saturated carbocycles. The molecule has 0 spiro atoms. The summed E-state index contributed by atoms with van der Waals surface area (Å²) >= 11 is 5.90. The second-order valence-electron chi connectivity index (χ2n) is 6.87. The number of ether oxygens (including phenoxy) is 1. The molecule has 0 unspecified atom stereocenters. The Labute approximate surface area is 161 Å². The van der Waals surface area contributed by atoms with Crippen LogP contribution in [0.1, 0.15) is 29.8 Å². The minimum absolute atomic E-state index is 0.0380. The van der Waals surface area contributed by atoms with Gasteiger partial charge in [-0.1, -0.05) is 12.1 Å². The van der Waals surface area contributed by atoms with E-state index in [-0.39, 0.29) is 29.7 Å². The molecule has 0 radical (unpaired) electrons. The lowest BCUT2D eigenvalue weighted by molar-refractivity contribution is -0.133. The maximum absolute atomic E-state index is 13.5. The third-order valence-corrected chi connectivity index (χ3v) is 5.49. The number of hydrogen-bond donors (Lipinski definition) is 1. The van der Waals surface area contributed by atoms with Crippen LogP contribution >= 0.6 is 11.6 Å². The second kappa shape index (κ2) is 6.89. The van der Waals surface area contributed by atoms with Crippen LogP contribution in [0.2, 0.25) is 0 Å². The van der Waals surface area contributed by atoms with E-state index in [1.807, 2.05) is 25.1 Å². The van der Waals surface area contributed by atoms with Crippen molar-refractivity contribution in [2.24, 2.45) is 0 Å². The number of H-pyrrole nitrogens is 1. The highest BCUT2D eigenvalue weighted by molar-refractivity contribution is 6.27. The Hall–Kier alpha value is -2.53. The van der Waals surface area contributed by atoms with Crippen LogP contribution in [0.3, 0.4) is 0 Å². The Kier molecular flexibility index (Phi) is 4.56. The lowest BCUT2D eigenvalue weighted by Gasteiger charge is -2.40. The summed E-state index contributed by atoms with van der Waals surface area (Å²) in [5.74, 6) is 0.250. The van der Waals surface area contributed by atoms with Crippen LogP contribution in [0.25, 0.3) is 10.9 Å². The van der Waals surface area contributed by atoms with E-state index in [4.69, 9.17) is 16.3 Å². The van der Waals surface area contributed by atoms with Crippen LogP contribution < -0.4 is 4.74 Å². The third kappa shape index (κ3) is 2.96. The average Bonchev–Trinajstić information content (AvgIpc) is 3.04. The molecule has 1 aromatic heterocycles. The van der Waals surface area contributed by atoms with Crippen LogP contribution in [0, 0.1) is 5.82 Å². The minimum atomic E-state index is -0.339. The van der Waals surface area contributed by atoms with Crippen molar-refractivity contribution in [3.63, 3.8) is 0 Å². The molecule has 4 nitrogen and oxygen atoms in total. The van der Waals surface area contributed by atoms with Crippen molar-refractivity contribution in [1.82, 2.24) is 9.88 Å². The number of aromatic nitrogens is 1. The first-order valence-electron chi connectivity index (χ1n) is 8.84. The summed E-state index contributed by atoms with van der Waals surface area (Å²) in [6.07, 6.45) is 0.711. The average molecular weight is 387 g/mol. The standard InChI is InChI=1S/C21H20ClFN2O2/c1-12-9-17-16-10-15(27-2)7-8-18(16)24-20(17)21(25(12)19(26)11-22)13-3-5-14(23)6-4-13/h3-8,10,12,21,24H,9,11H2,1-2H3/t12-,21-/m0/s1. The molecule has 4 rings (SSSR count). The zero-order valence-electron chi connectivity index (χ0n) is 15.1. The Morgan fingerprint density at radius 2 is 2.04 bits per heavy atom. The number of rotatable bonds is 3. The molecule has 0 saturated heterocycles. The Bertz CT molecular complexity index is 999. The van der Waals surface area contributed by atoms with Gasteiger partial charge in [0.2, 0.25) is 5.91 Å². The zero-order valence-corrected chi connectivity index (χ0v) is 15.9. The highest BCUT2D eigenvalue weighted by atomic mass is 35.5. The van der Waals surface area contributed by atoms with E-state index >= 15 is 0 Å². The Morgan fingerprint density at radius 3 is 2.70 bits per heavy atom. The SMILES string of the molecule is COc1ccc2[nH]c3c(c2c1)C[C@H](C)N(C(=O)CCl)[C@H]3c1ccc(F)cc1. The molecular weight excluding hydrogens is 367 g/mol. The van der Waals surface area contributed by atoms with Crippen molar-refractivity contribution in [3.05, 3.63) is 65.1 Å². The molecule has 0 bridgehead atoms. The number of amides is 1. The van der Waals surface area contributed by atoms with Crippen molar-refractivity contribution in [3.8, 4) is 5.75 Å². The summed E-state index contributed by atoms with van der Waals surface area (Å²) in [7, 11) is 1.64. The quantitative estimate of drug-likeness (QED) is 0.677. The first kappa shape index (κ1) is 17.9. The van der Waals surface area contributed by atoms with Gasteiger partial charge in [0.15, 0.2) is 0 Å². The Morgan fingerprint density at radius 1 is 1.30 bits per heavy atom. The van der Waals surface area contributed by atoms with Gasteiger partial charge in [0, 0.05) is 22.6 Å². The maximum atomic E-state index is 13.5. The number of carbonyl (C=O) groups excluding carboxylic acids is 1. The fourth-order valence-corrected chi connectivity index (χ4v) is 4.18. The van der Waals surface area contributed by atoms with E-state index in [2.05, 4.69) is 4.98 Å². The number of alkyl halides is 1. The number of fused-ring (bicyclic) bond motifs is 3. The smallest absolute Gasteiger partial charge is 0.238 e. The number of carbonyl (C=O) groups is 1. The first-order chi connectivity index (χ1) is 13.0. The van der Waals surface area contributed by atoms with E-state index in [1.165, 1.54) is 12.1 Å². The van der Waals surface area contributed by atoms with Crippen LogP contribution in [0.5, 0.6) is 5.75 Å². The maximum Gasteiger partial charge on any atom is 0.238 e. The van der Waals surface area contributed by atoms with Crippen LogP contribution in [0.15, 0.2) is 42.5 Å². The minimum Gasteiger partial charge on any atom is -0.497 e. The van der Waals surface area contributed by atoms with Crippen molar-refractivity contribution in [2.45, 2.75) is 25.4 Å². The van der Waals surface area contributed by atoms with E-state index in [0.29, 0.717) is 6.42 Å². The lowest BCUT2D eigenvalue weighted by atomic mass is 9.88. The van der Waals surface area contributed by atoms with E-state index in [0.717, 1.165) is 33.5 Å². The van der Waals surface area contributed by atoms with Crippen LogP contribution in [0.4, 0.5) is 4.39 Å². The number of nitrogens with one attached hydrogen (secondary N) is 1. The largest absolute Gasteiger partial charge is 0.497 e. The number of hydrogen-bond acceptors (Lipinski definition) is 2. The summed E-state index contributed by atoms with van der Waals surface area (Å²) in [5, 5.41) is 1.08. The summed E-state index contributed by atoms with van der Waals surface area (Å²) < 4.78 is 18.8. The van der Waals surface area contributed by atoms with Gasteiger partial charge in [0.1, 0.15) is 17.4 Å². The molecule has 2 heterocycles. The number of aromatic amines is 1. The van der Waals surface area contributed by atoms with Crippen molar-refractivity contribution in [2.75, 3.05) is 13.0 Å². The molecule has 0 aliphatic carbocycles. The number of halogens is 2. The molecule has 2 aromatic carbocycles. The van der Waals surface area contributed by atoms with Gasteiger partial charge in [-0.05, 0) is 54.8 Å². The van der Waals surface area contributed by atoms with Crippen molar-refractivity contribution < 1.29 is 13.9 Å². The molecular formula is C21H20ClFN2O2. The van der Waals surface area contributed by atoms with Gasteiger partial charge in [-0.15, -0.1) is 11.6 Å². The van der Waals surface area contributed by atoms with E-state index < -0.39 is 0 Å². The van der Waals surface area contributed by atoms with E-state index in [9.17, 15) is 9.18 Å². The predicted molar refractivity (Wildman–Crippen MR) is 104 cm³/mol. The van der Waals surface area contributed by atoms with Crippen LogP contribution in [-0.4, -0.2) is 34.8 Å². The third-order valence-electron chi connectivity index (χ3n) is 5.26. The summed E-state index contributed by atoms with van der Waals surface area (Å²) in [4.78, 5) is 17.9. The van der Waals surface area contributed by atoms with Gasteiger partial charge in [-0.25, -0.2) is 4.39 Å². The normalized spacial score (nSPS) is 19.2. The molecule has 1 N–H and O–H groups in total. The Balaban J connectivity index is 1.94. The molecule has 1 aliphatic heterocycles. The topological polar surface area (TPSA) is 45.3 Å². The molecule has 2 atom stereocenters.